The van der Waals surface area contributed by atoms with Gasteiger partial charge in [0.1, 0.15) is 5.01 Å². The Labute approximate surface area is 101 Å². The van der Waals surface area contributed by atoms with Crippen LogP contribution in [0, 0.1) is 0 Å². The summed E-state index contributed by atoms with van der Waals surface area (Å²) in [5.41, 5.74) is -0.468. The summed E-state index contributed by atoms with van der Waals surface area (Å²) < 4.78 is 0. The van der Waals surface area contributed by atoms with Crippen molar-refractivity contribution in [3.63, 3.8) is 0 Å². The molecule has 0 amide bonds. The molecule has 1 aliphatic carbocycles. The number of thiazole rings is 1. The monoisotopic (exact) mass is 240 g/mol. The average molecular weight is 240 g/mol. The lowest BCUT2D eigenvalue weighted by molar-refractivity contribution is 0.0446. The first-order valence-electron chi connectivity index (χ1n) is 6.09. The summed E-state index contributed by atoms with van der Waals surface area (Å²) in [6, 6.07) is 0.296. The van der Waals surface area contributed by atoms with Crippen molar-refractivity contribution in [2.24, 2.45) is 0 Å². The molecule has 0 aromatic carbocycles. The number of hydrogen-bond acceptors (Lipinski definition) is 4. The van der Waals surface area contributed by atoms with Crippen molar-refractivity contribution in [3.8, 4) is 0 Å². The summed E-state index contributed by atoms with van der Waals surface area (Å²) in [6.45, 7) is 2.85. The van der Waals surface area contributed by atoms with Gasteiger partial charge >= 0.3 is 0 Å². The molecule has 0 bridgehead atoms. The summed E-state index contributed by atoms with van der Waals surface area (Å²) in [4.78, 5) is 4.33. The van der Waals surface area contributed by atoms with E-state index >= 15 is 0 Å². The SMILES string of the molecule is CCC(NCC1(O)CCCC1)c1nccs1. The predicted octanol–water partition coefficient (Wildman–Crippen LogP) is 2.49. The fourth-order valence-electron chi connectivity index (χ4n) is 2.34. The van der Waals surface area contributed by atoms with Crippen molar-refractivity contribution in [1.29, 1.82) is 0 Å². The predicted molar refractivity (Wildman–Crippen MR) is 66.6 cm³/mol. The third-order valence-corrected chi connectivity index (χ3v) is 4.26. The van der Waals surface area contributed by atoms with Gasteiger partial charge < -0.3 is 10.4 Å². The van der Waals surface area contributed by atoms with Gasteiger partial charge in [-0.05, 0) is 19.3 Å². The number of aromatic nitrogens is 1. The van der Waals surface area contributed by atoms with Crippen LogP contribution in [0.1, 0.15) is 50.1 Å². The Balaban J connectivity index is 1.88. The van der Waals surface area contributed by atoms with Crippen LogP contribution < -0.4 is 5.32 Å². The molecule has 1 fully saturated rings. The van der Waals surface area contributed by atoms with Crippen LogP contribution in [0.4, 0.5) is 0 Å². The standard InChI is InChI=1S/C12H20N2OS/c1-2-10(11-13-7-8-16-11)14-9-12(15)5-3-4-6-12/h7-8,10,14-15H,2-6,9H2,1H3. The molecule has 1 aliphatic rings. The minimum atomic E-state index is -0.468. The first-order chi connectivity index (χ1) is 7.73. The van der Waals surface area contributed by atoms with Gasteiger partial charge in [-0.15, -0.1) is 11.3 Å². The minimum Gasteiger partial charge on any atom is -0.389 e. The minimum absolute atomic E-state index is 0.296. The molecule has 0 aliphatic heterocycles. The molecule has 1 aromatic rings. The van der Waals surface area contributed by atoms with Crippen LogP contribution in [0.15, 0.2) is 11.6 Å². The molecule has 1 unspecified atom stereocenters. The number of nitrogens with zero attached hydrogens (tertiary/aromatic N) is 1. The van der Waals surface area contributed by atoms with Crippen LogP contribution in [0.2, 0.25) is 0 Å². The smallest absolute Gasteiger partial charge is 0.109 e. The molecule has 1 atom stereocenters. The van der Waals surface area contributed by atoms with Gasteiger partial charge in [0.15, 0.2) is 0 Å². The van der Waals surface area contributed by atoms with Gasteiger partial charge in [-0.25, -0.2) is 4.98 Å². The molecule has 16 heavy (non-hydrogen) atoms. The number of aliphatic hydroxyl groups is 1. The van der Waals surface area contributed by atoms with Gasteiger partial charge in [-0.1, -0.05) is 19.8 Å². The summed E-state index contributed by atoms with van der Waals surface area (Å²) >= 11 is 1.68. The molecular weight excluding hydrogens is 220 g/mol. The Morgan fingerprint density at radius 3 is 2.88 bits per heavy atom. The highest BCUT2D eigenvalue weighted by Gasteiger charge is 2.31. The van der Waals surface area contributed by atoms with Crippen molar-refractivity contribution in [1.82, 2.24) is 10.3 Å². The van der Waals surface area contributed by atoms with E-state index in [0.717, 1.165) is 37.1 Å². The van der Waals surface area contributed by atoms with Crippen molar-refractivity contribution in [2.45, 2.75) is 50.7 Å². The van der Waals surface area contributed by atoms with Crippen LogP contribution in [0.25, 0.3) is 0 Å². The fraction of sp³-hybridized carbons (Fsp3) is 0.750. The lowest BCUT2D eigenvalue weighted by atomic mass is 10.0. The lowest BCUT2D eigenvalue weighted by Gasteiger charge is -2.25. The molecule has 1 saturated carbocycles. The van der Waals surface area contributed by atoms with Crippen molar-refractivity contribution in [3.05, 3.63) is 16.6 Å². The van der Waals surface area contributed by atoms with Crippen molar-refractivity contribution in [2.75, 3.05) is 6.54 Å². The van der Waals surface area contributed by atoms with E-state index in [0.29, 0.717) is 12.6 Å². The van der Waals surface area contributed by atoms with Crippen LogP contribution >= 0.6 is 11.3 Å². The molecule has 3 nitrogen and oxygen atoms in total. The Bertz CT molecular complexity index is 307. The molecule has 1 aromatic heterocycles. The largest absolute Gasteiger partial charge is 0.389 e. The molecule has 2 N–H and O–H groups in total. The quantitative estimate of drug-likeness (QED) is 0.831. The average Bonchev–Trinajstić information content (AvgIpc) is 2.91. The van der Waals surface area contributed by atoms with Gasteiger partial charge in [0.05, 0.1) is 11.6 Å². The Hall–Kier alpha value is -0.450. The zero-order chi connectivity index (χ0) is 11.4. The van der Waals surface area contributed by atoms with E-state index in [1.165, 1.54) is 0 Å². The lowest BCUT2D eigenvalue weighted by Crippen LogP contribution is -2.39. The number of nitrogens with one attached hydrogen (secondary N) is 1. The highest BCUT2D eigenvalue weighted by Crippen LogP contribution is 2.29. The van der Waals surface area contributed by atoms with Crippen molar-refractivity contribution < 1.29 is 5.11 Å². The summed E-state index contributed by atoms with van der Waals surface area (Å²) in [5, 5.41) is 16.8. The van der Waals surface area contributed by atoms with E-state index in [1.54, 1.807) is 11.3 Å². The van der Waals surface area contributed by atoms with Crippen molar-refractivity contribution >= 4 is 11.3 Å². The summed E-state index contributed by atoms with van der Waals surface area (Å²) in [5.74, 6) is 0. The molecule has 1 heterocycles. The van der Waals surface area contributed by atoms with E-state index < -0.39 is 5.60 Å². The van der Waals surface area contributed by atoms with Crippen LogP contribution in [0.5, 0.6) is 0 Å². The highest BCUT2D eigenvalue weighted by atomic mass is 32.1. The maximum absolute atomic E-state index is 10.3. The van der Waals surface area contributed by atoms with Crippen LogP contribution in [-0.4, -0.2) is 22.2 Å². The first kappa shape index (κ1) is 12.0. The second kappa shape index (κ2) is 5.25. The first-order valence-corrected chi connectivity index (χ1v) is 6.97. The second-order valence-corrected chi connectivity index (χ2v) is 5.57. The zero-order valence-corrected chi connectivity index (χ0v) is 10.6. The Morgan fingerprint density at radius 2 is 2.31 bits per heavy atom. The van der Waals surface area contributed by atoms with Crippen LogP contribution in [0.3, 0.4) is 0 Å². The number of rotatable bonds is 5. The Kier molecular flexibility index (Phi) is 3.95. The van der Waals surface area contributed by atoms with E-state index in [-0.39, 0.29) is 0 Å². The zero-order valence-electron chi connectivity index (χ0n) is 9.78. The van der Waals surface area contributed by atoms with Gasteiger partial charge in [-0.2, -0.15) is 0 Å². The number of hydrogen-bond donors (Lipinski definition) is 2. The maximum Gasteiger partial charge on any atom is 0.109 e. The molecule has 2 rings (SSSR count). The summed E-state index contributed by atoms with van der Waals surface area (Å²) in [6.07, 6.45) is 7.05. The van der Waals surface area contributed by atoms with E-state index in [9.17, 15) is 5.11 Å². The molecule has 90 valence electrons. The third-order valence-electron chi connectivity index (χ3n) is 3.37. The van der Waals surface area contributed by atoms with E-state index in [1.807, 2.05) is 11.6 Å². The van der Waals surface area contributed by atoms with E-state index in [4.69, 9.17) is 0 Å². The molecular formula is C12H20N2OS. The second-order valence-electron chi connectivity index (χ2n) is 4.64. The molecule has 4 heteroatoms. The Morgan fingerprint density at radius 1 is 1.56 bits per heavy atom. The van der Waals surface area contributed by atoms with Gasteiger partial charge in [0.25, 0.3) is 0 Å². The van der Waals surface area contributed by atoms with Gasteiger partial charge in [0, 0.05) is 18.1 Å². The maximum atomic E-state index is 10.3. The van der Waals surface area contributed by atoms with Crippen LogP contribution in [-0.2, 0) is 0 Å². The highest BCUT2D eigenvalue weighted by molar-refractivity contribution is 7.09. The van der Waals surface area contributed by atoms with Gasteiger partial charge in [0.2, 0.25) is 0 Å². The molecule has 0 saturated heterocycles. The molecule has 0 spiro atoms. The molecule has 0 radical (unpaired) electrons. The van der Waals surface area contributed by atoms with E-state index in [2.05, 4.69) is 17.2 Å². The normalized spacial score (nSPS) is 21.1. The van der Waals surface area contributed by atoms with Gasteiger partial charge in [-0.3, -0.25) is 0 Å². The topological polar surface area (TPSA) is 45.1 Å². The fourth-order valence-corrected chi connectivity index (χ4v) is 3.13. The summed E-state index contributed by atoms with van der Waals surface area (Å²) in [7, 11) is 0. The third kappa shape index (κ3) is 2.81.